The molecule has 0 aliphatic heterocycles. The number of unbranched alkanes of at least 4 members (excludes halogenated alkanes) is 2. The van der Waals surface area contributed by atoms with Crippen LogP contribution in [0.25, 0.3) is 11.1 Å². The minimum Gasteiger partial charge on any atom is -0.495 e. The van der Waals surface area contributed by atoms with E-state index in [1.807, 2.05) is 12.1 Å². The first kappa shape index (κ1) is 35.6. The van der Waals surface area contributed by atoms with Gasteiger partial charge in [0.2, 0.25) is 28.9 Å². The Balaban J connectivity index is 1.46. The van der Waals surface area contributed by atoms with Gasteiger partial charge in [-0.05, 0) is 78.8 Å². The van der Waals surface area contributed by atoms with Crippen LogP contribution in [0.2, 0.25) is 0 Å². The third kappa shape index (κ3) is 8.55. The lowest BCUT2D eigenvalue weighted by Gasteiger charge is -2.19. The number of benzene rings is 2. The summed E-state index contributed by atoms with van der Waals surface area (Å²) in [6.07, 6.45) is 3.61. The number of carbonyl (C=O) groups excluding carboxylic acids is 3. The third-order valence-corrected chi connectivity index (χ3v) is 8.11. The fraction of sp³-hybridized carbons (Fsp3) is 0.389. The Hall–Kier alpha value is -5.26. The highest BCUT2D eigenvalue weighted by Gasteiger charge is 2.29. The number of anilines is 3. The molecule has 1 aliphatic carbocycles. The number of hydrogen-bond donors (Lipinski definition) is 4. The lowest BCUT2D eigenvalue weighted by molar-refractivity contribution is -0.120. The highest BCUT2D eigenvalue weighted by molar-refractivity contribution is 5.95. The number of ether oxygens (including phenoxy) is 4. The van der Waals surface area contributed by atoms with E-state index in [2.05, 4.69) is 21.3 Å². The van der Waals surface area contributed by atoms with E-state index < -0.39 is 6.04 Å². The first-order chi connectivity index (χ1) is 23.1. The number of methoxy groups -OCH3 is 4. The van der Waals surface area contributed by atoms with Crippen LogP contribution in [-0.4, -0.2) is 52.7 Å². The molecule has 0 unspecified atom stereocenters. The average Bonchev–Trinajstić information content (AvgIpc) is 3.29. The summed E-state index contributed by atoms with van der Waals surface area (Å²) in [7, 11) is 6.19. The largest absolute Gasteiger partial charge is 0.495 e. The van der Waals surface area contributed by atoms with Crippen molar-refractivity contribution in [2.45, 2.75) is 58.4 Å². The molecule has 0 saturated heterocycles. The van der Waals surface area contributed by atoms with Crippen LogP contribution in [0.1, 0.15) is 63.1 Å². The molecule has 1 atom stereocenters. The maximum Gasteiger partial charge on any atom is 0.224 e. The molecule has 0 heterocycles. The zero-order valence-corrected chi connectivity index (χ0v) is 28.3. The van der Waals surface area contributed by atoms with E-state index >= 15 is 0 Å². The molecule has 3 aromatic rings. The van der Waals surface area contributed by atoms with E-state index in [9.17, 15) is 19.2 Å². The van der Waals surface area contributed by atoms with Gasteiger partial charge in [-0.1, -0.05) is 12.5 Å². The molecular formula is C36H44N4O8. The minimum absolute atomic E-state index is 0.168. The molecule has 0 spiro atoms. The van der Waals surface area contributed by atoms with Crippen LogP contribution in [0.4, 0.5) is 17.1 Å². The van der Waals surface area contributed by atoms with Gasteiger partial charge >= 0.3 is 0 Å². The van der Waals surface area contributed by atoms with Crippen LogP contribution >= 0.6 is 0 Å². The molecular weight excluding hydrogens is 616 g/mol. The molecule has 12 nitrogen and oxygen atoms in total. The van der Waals surface area contributed by atoms with E-state index in [-0.39, 0.29) is 23.2 Å². The standard InChI is InChI=1S/C36H44N4O8/c1-21(41)38-24-12-16-31(45-3)29(19-24)40-33(44)10-8-7-9-17-37-28-15-13-25-26(20-30(28)43)27(39-22(2)42)14-11-23-18-32(46-4)35(47-5)36(48-6)34(23)25/h12-13,15-16,18-20,27H,7-11,14,17H2,1-6H3,(H,37,43)(H,38,41)(H,39,42)(H,40,44)/t27-/m0/s1. The van der Waals surface area contributed by atoms with Crippen LogP contribution in [0.5, 0.6) is 23.0 Å². The highest BCUT2D eigenvalue weighted by Crippen LogP contribution is 2.50. The van der Waals surface area contributed by atoms with E-state index in [4.69, 9.17) is 18.9 Å². The Kier molecular flexibility index (Phi) is 12.3. The van der Waals surface area contributed by atoms with Gasteiger partial charge in [0.1, 0.15) is 5.75 Å². The molecule has 0 aromatic heterocycles. The summed E-state index contributed by atoms with van der Waals surface area (Å²) in [5, 5.41) is 11.8. The van der Waals surface area contributed by atoms with Gasteiger partial charge in [-0.15, -0.1) is 0 Å². The monoisotopic (exact) mass is 660 g/mol. The summed E-state index contributed by atoms with van der Waals surface area (Å²) in [6, 6.07) is 11.8. The van der Waals surface area contributed by atoms with E-state index in [0.29, 0.717) is 77.9 Å². The second-order valence-electron chi connectivity index (χ2n) is 11.5. The molecule has 0 fully saturated rings. The second kappa shape index (κ2) is 16.5. The molecule has 12 heteroatoms. The van der Waals surface area contributed by atoms with Gasteiger partial charge in [-0.25, -0.2) is 0 Å². The zero-order chi connectivity index (χ0) is 34.8. The van der Waals surface area contributed by atoms with Crippen molar-refractivity contribution < 1.29 is 33.3 Å². The van der Waals surface area contributed by atoms with Crippen molar-refractivity contribution >= 4 is 34.8 Å². The number of hydrogen-bond acceptors (Lipinski definition) is 9. The molecule has 0 bridgehead atoms. The quantitative estimate of drug-likeness (QED) is 0.166. The van der Waals surface area contributed by atoms with Crippen molar-refractivity contribution in [2.75, 3.05) is 50.9 Å². The van der Waals surface area contributed by atoms with E-state index in [0.717, 1.165) is 29.5 Å². The molecule has 256 valence electrons. The van der Waals surface area contributed by atoms with Gasteiger partial charge < -0.3 is 40.2 Å². The van der Waals surface area contributed by atoms with Crippen LogP contribution in [0.15, 0.2) is 47.3 Å². The van der Waals surface area contributed by atoms with Gasteiger partial charge in [-0.3, -0.25) is 19.2 Å². The fourth-order valence-electron chi connectivity index (χ4n) is 5.96. The van der Waals surface area contributed by atoms with Crippen molar-refractivity contribution in [2.24, 2.45) is 0 Å². The lowest BCUT2D eigenvalue weighted by Crippen LogP contribution is -2.26. The normalized spacial score (nSPS) is 13.2. The summed E-state index contributed by atoms with van der Waals surface area (Å²) in [6.45, 7) is 3.40. The Labute approximate surface area is 280 Å². The predicted molar refractivity (Wildman–Crippen MR) is 186 cm³/mol. The molecule has 0 saturated carbocycles. The first-order valence-corrected chi connectivity index (χ1v) is 15.9. The van der Waals surface area contributed by atoms with Gasteiger partial charge in [0.15, 0.2) is 11.5 Å². The maximum absolute atomic E-state index is 13.5. The molecule has 4 N–H and O–H groups in total. The molecule has 4 rings (SSSR count). The van der Waals surface area contributed by atoms with E-state index in [1.165, 1.54) is 21.0 Å². The van der Waals surface area contributed by atoms with Crippen molar-refractivity contribution in [3.8, 4) is 34.1 Å². The maximum atomic E-state index is 13.5. The Morgan fingerprint density at radius 3 is 2.19 bits per heavy atom. The third-order valence-electron chi connectivity index (χ3n) is 8.11. The average molecular weight is 661 g/mol. The van der Waals surface area contributed by atoms with Gasteiger partial charge in [0.25, 0.3) is 0 Å². The lowest BCUT2D eigenvalue weighted by atomic mass is 9.95. The number of amides is 3. The Morgan fingerprint density at radius 2 is 1.52 bits per heavy atom. The molecule has 3 amide bonds. The zero-order valence-electron chi connectivity index (χ0n) is 28.3. The van der Waals surface area contributed by atoms with Crippen molar-refractivity contribution in [3.05, 3.63) is 63.8 Å². The van der Waals surface area contributed by atoms with Crippen molar-refractivity contribution in [1.29, 1.82) is 0 Å². The van der Waals surface area contributed by atoms with E-state index in [1.54, 1.807) is 51.7 Å². The number of fused-ring (bicyclic) bond motifs is 3. The molecule has 0 radical (unpaired) electrons. The Bertz CT molecular complexity index is 1730. The summed E-state index contributed by atoms with van der Waals surface area (Å²) in [5.41, 5.74) is 4.45. The Morgan fingerprint density at radius 1 is 0.771 bits per heavy atom. The number of rotatable bonds is 14. The first-order valence-electron chi connectivity index (χ1n) is 15.9. The number of aryl methyl sites for hydroxylation is 1. The van der Waals surface area contributed by atoms with Crippen molar-refractivity contribution in [1.82, 2.24) is 5.32 Å². The topological polar surface area (TPSA) is 153 Å². The minimum atomic E-state index is -0.390. The SMILES string of the molecule is COc1ccc(NC(C)=O)cc1NC(=O)CCCCCNc1ccc2c(cc1=O)[C@@H](NC(C)=O)CCc1cc(OC)c(OC)c(OC)c1-2. The molecule has 1 aliphatic rings. The second-order valence-corrected chi connectivity index (χ2v) is 11.5. The van der Waals surface area contributed by atoms with Crippen LogP contribution in [0.3, 0.4) is 0 Å². The van der Waals surface area contributed by atoms with Crippen LogP contribution < -0.4 is 45.6 Å². The summed E-state index contributed by atoms with van der Waals surface area (Å²) >= 11 is 0. The van der Waals surface area contributed by atoms with Crippen LogP contribution in [0, 0.1) is 0 Å². The summed E-state index contributed by atoms with van der Waals surface area (Å²) < 4.78 is 22.4. The highest BCUT2D eigenvalue weighted by atomic mass is 16.5. The fourth-order valence-corrected chi connectivity index (χ4v) is 5.96. The van der Waals surface area contributed by atoms with Gasteiger partial charge in [0, 0.05) is 38.1 Å². The smallest absolute Gasteiger partial charge is 0.224 e. The summed E-state index contributed by atoms with van der Waals surface area (Å²) in [5.74, 6) is 1.39. The van der Waals surface area contributed by atoms with Gasteiger partial charge in [-0.2, -0.15) is 0 Å². The number of carbonyl (C=O) groups is 3. The van der Waals surface area contributed by atoms with Crippen molar-refractivity contribution in [3.63, 3.8) is 0 Å². The molecule has 48 heavy (non-hydrogen) atoms. The predicted octanol–water partition coefficient (Wildman–Crippen LogP) is 5.44. The molecule has 3 aromatic carbocycles. The number of nitrogens with one attached hydrogen (secondary N) is 4. The van der Waals surface area contributed by atoms with Crippen LogP contribution in [-0.2, 0) is 20.8 Å². The summed E-state index contributed by atoms with van der Waals surface area (Å²) in [4.78, 5) is 49.7. The van der Waals surface area contributed by atoms with Gasteiger partial charge in [0.05, 0.1) is 45.9 Å².